The Hall–Kier alpha value is -2.32. The van der Waals surface area contributed by atoms with Crippen LogP contribution in [0.5, 0.6) is 5.75 Å². The fraction of sp³-hybridized carbons (Fsp3) is 0.222. The van der Waals surface area contributed by atoms with E-state index in [2.05, 4.69) is 10.2 Å². The van der Waals surface area contributed by atoms with E-state index in [0.29, 0.717) is 16.8 Å². The maximum absolute atomic E-state index is 12.0. The molecule has 2 aromatic carbocycles. The van der Waals surface area contributed by atoms with Crippen LogP contribution in [0.15, 0.2) is 58.7 Å². The molecule has 0 aliphatic heterocycles. The van der Waals surface area contributed by atoms with Gasteiger partial charge >= 0.3 is 0 Å². The Morgan fingerprint density at radius 1 is 0.923 bits per heavy atom. The second-order valence-corrected chi connectivity index (χ2v) is 5.03. The van der Waals surface area contributed by atoms with Crippen molar-refractivity contribution < 1.29 is 39.4 Å². The zero-order chi connectivity index (χ0) is 18.1. The first kappa shape index (κ1) is 25.9. The Balaban J connectivity index is 0. The Kier molecular flexibility index (Phi) is 12.9. The van der Waals surface area contributed by atoms with E-state index in [1.807, 2.05) is 31.1 Å². The van der Waals surface area contributed by atoms with Crippen LogP contribution in [0.3, 0.4) is 0 Å². The van der Waals surface area contributed by atoms with E-state index >= 15 is 0 Å². The van der Waals surface area contributed by atoms with Gasteiger partial charge in [0, 0.05) is 44.2 Å². The van der Waals surface area contributed by atoms with E-state index in [-0.39, 0.29) is 29.8 Å². The maximum atomic E-state index is 12.0. The van der Waals surface area contributed by atoms with E-state index in [9.17, 15) is 10.2 Å². The number of nitrogens with zero attached hydrogens (tertiary/aromatic N) is 3. The zero-order valence-electron chi connectivity index (χ0n) is 15.0. The maximum Gasteiger partial charge on any atom is 0.0665 e. The Morgan fingerprint density at radius 2 is 1.46 bits per heavy atom. The number of anilines is 1. The average Bonchev–Trinajstić information content (AvgIpc) is 2.61. The van der Waals surface area contributed by atoms with Crippen LogP contribution in [0, 0.1) is 0 Å². The summed E-state index contributed by atoms with van der Waals surface area (Å²) in [7, 11) is 4.60. The Labute approximate surface area is 165 Å². The summed E-state index contributed by atoms with van der Waals surface area (Å²) < 4.78 is 0. The molecule has 0 amide bonds. The monoisotopic (exact) mass is 393 g/mol. The van der Waals surface area contributed by atoms with E-state index in [1.54, 1.807) is 37.3 Å². The molecule has 2 rings (SSSR count). The van der Waals surface area contributed by atoms with Gasteiger partial charge < -0.3 is 25.7 Å². The second-order valence-electron chi connectivity index (χ2n) is 5.03. The molecule has 0 atom stereocenters. The first-order valence-corrected chi connectivity index (χ1v) is 7.23. The largest absolute Gasteiger partial charge is 2.00 e. The molecule has 141 valence electrons. The predicted molar refractivity (Wildman–Crippen MR) is 92.0 cm³/mol. The van der Waals surface area contributed by atoms with Gasteiger partial charge in [0.25, 0.3) is 0 Å². The van der Waals surface area contributed by atoms with Crippen LogP contribution in [-0.4, -0.2) is 32.8 Å². The smallest absolute Gasteiger partial charge is 0.0665 e. The third-order valence-electron chi connectivity index (χ3n) is 3.20. The summed E-state index contributed by atoms with van der Waals surface area (Å²) in [5.74, 6) is -0.574. The molecule has 0 aliphatic rings. The molecule has 0 saturated carbocycles. The summed E-state index contributed by atoms with van der Waals surface area (Å²) in [5, 5.41) is 39.4. The van der Waals surface area contributed by atoms with Gasteiger partial charge in [-0.2, -0.15) is 17.3 Å². The van der Waals surface area contributed by atoms with Gasteiger partial charge in [0.05, 0.1) is 5.71 Å². The van der Waals surface area contributed by atoms with Gasteiger partial charge in [-0.1, -0.05) is 42.1 Å². The summed E-state index contributed by atoms with van der Waals surface area (Å²) in [4.78, 5) is 1.94. The minimum absolute atomic E-state index is 0. The fourth-order valence-electron chi connectivity index (χ4n) is 1.90. The molecule has 0 saturated heterocycles. The first-order chi connectivity index (χ1) is 11.5. The topological polar surface area (TPSA) is 126 Å². The van der Waals surface area contributed by atoms with Crippen LogP contribution in [-0.2, 0) is 24.0 Å². The van der Waals surface area contributed by atoms with Crippen LogP contribution >= 0.6 is 0 Å². The van der Waals surface area contributed by atoms with Crippen molar-refractivity contribution >= 4 is 17.3 Å². The standard InChI is InChI=1S/C17H19N3O2.CH3O.O.V/c1-12(15-6-4-5-7-16(15)21)18-19-17(22)13-8-10-14(11-9-13)20(2)3;1-2;;/h4-11,21H,1-3H3,(H,19,22);1H3;;/q;-1;-2;/p-2/b18-12+;;;. The van der Waals surface area contributed by atoms with Crippen LogP contribution in [0.1, 0.15) is 18.1 Å². The average molecular weight is 393 g/mol. The summed E-state index contributed by atoms with van der Waals surface area (Å²) in [5.41, 5.74) is 2.32. The molecule has 0 fully saturated rings. The molecule has 0 aromatic heterocycles. The van der Waals surface area contributed by atoms with Crippen LogP contribution in [0.4, 0.5) is 5.69 Å². The summed E-state index contributed by atoms with van der Waals surface area (Å²) in [6.45, 7) is 1.66. The number of hydrogen-bond donors (Lipinski definition) is 0. The molecule has 0 spiro atoms. The van der Waals surface area contributed by atoms with Crippen molar-refractivity contribution in [2.45, 2.75) is 6.92 Å². The van der Waals surface area contributed by atoms with Gasteiger partial charge in [-0.25, -0.2) is 0 Å². The van der Waals surface area contributed by atoms with Gasteiger partial charge in [-0.3, -0.25) is 0 Å². The minimum Gasteiger partial charge on any atom is -2.00 e. The van der Waals surface area contributed by atoms with Crippen molar-refractivity contribution in [2.75, 3.05) is 26.1 Å². The number of benzene rings is 2. The van der Waals surface area contributed by atoms with E-state index in [0.717, 1.165) is 12.8 Å². The Bertz CT molecular complexity index is 717. The zero-order valence-corrected chi connectivity index (χ0v) is 16.4. The van der Waals surface area contributed by atoms with E-state index in [1.165, 1.54) is 6.07 Å². The summed E-state index contributed by atoms with van der Waals surface area (Å²) >= 11 is 0. The van der Waals surface area contributed by atoms with Gasteiger partial charge in [0.2, 0.25) is 0 Å². The molecule has 0 N–H and O–H groups in total. The number of hydrogen-bond acceptors (Lipinski definition) is 6. The SMILES string of the molecule is C/C(=N\N=C(/[O-])c1ccc(N(C)C)cc1)c1ccccc1[O-].C[O-].[O-2].[V]. The molecule has 2 aromatic rings. The first-order valence-electron chi connectivity index (χ1n) is 7.23. The predicted octanol–water partition coefficient (Wildman–Crippen LogP) is 0.212. The van der Waals surface area contributed by atoms with Crippen molar-refractivity contribution in [2.24, 2.45) is 10.2 Å². The van der Waals surface area contributed by atoms with Gasteiger partial charge in [-0.05, 0) is 30.2 Å². The van der Waals surface area contributed by atoms with Crippen molar-refractivity contribution in [3.05, 3.63) is 59.7 Å². The van der Waals surface area contributed by atoms with Crippen LogP contribution in [0.2, 0.25) is 0 Å². The molecule has 0 bridgehead atoms. The van der Waals surface area contributed by atoms with E-state index in [4.69, 9.17) is 5.11 Å². The second kappa shape index (κ2) is 13.0. The normalized spacial score (nSPS) is 10.7. The number of rotatable bonds is 4. The fourth-order valence-corrected chi connectivity index (χ4v) is 1.90. The third kappa shape index (κ3) is 7.29. The van der Waals surface area contributed by atoms with Crippen molar-refractivity contribution in [3.63, 3.8) is 0 Å². The molecule has 8 heteroatoms. The molecular formula is C18H20N3O4V-5. The molecule has 1 radical (unpaired) electrons. The minimum atomic E-state index is -0.437. The van der Waals surface area contributed by atoms with Crippen molar-refractivity contribution in [1.82, 2.24) is 0 Å². The van der Waals surface area contributed by atoms with Crippen LogP contribution < -0.4 is 20.2 Å². The molecular weight excluding hydrogens is 373 g/mol. The quantitative estimate of drug-likeness (QED) is 0.418. The number of para-hydroxylation sites is 1. The third-order valence-corrected chi connectivity index (χ3v) is 3.20. The van der Waals surface area contributed by atoms with Crippen molar-refractivity contribution in [3.8, 4) is 5.75 Å². The van der Waals surface area contributed by atoms with E-state index < -0.39 is 5.90 Å². The Morgan fingerprint density at radius 3 is 1.96 bits per heavy atom. The molecule has 0 aliphatic carbocycles. The van der Waals surface area contributed by atoms with Crippen molar-refractivity contribution in [1.29, 1.82) is 0 Å². The van der Waals surface area contributed by atoms with Gasteiger partial charge in [-0.15, -0.1) is 0 Å². The molecule has 0 heterocycles. The summed E-state index contributed by atoms with van der Waals surface area (Å²) in [6, 6.07) is 13.6. The van der Waals surface area contributed by atoms with Crippen LogP contribution in [0.25, 0.3) is 0 Å². The van der Waals surface area contributed by atoms with Gasteiger partial charge in [0.1, 0.15) is 0 Å². The van der Waals surface area contributed by atoms with Gasteiger partial charge in [0.15, 0.2) is 0 Å². The summed E-state index contributed by atoms with van der Waals surface area (Å²) in [6.07, 6.45) is 0. The molecule has 7 nitrogen and oxygen atoms in total. The molecule has 26 heavy (non-hydrogen) atoms. The molecule has 0 unspecified atom stereocenters.